The van der Waals surface area contributed by atoms with Crippen molar-refractivity contribution in [3.8, 4) is 0 Å². The summed E-state index contributed by atoms with van der Waals surface area (Å²) >= 11 is 0. The molecular weight excluding hydrogens is 458 g/mol. The molecule has 184 valence electrons. The molecule has 1 aliphatic rings. The molecule has 6 N–H and O–H groups in total. The van der Waals surface area contributed by atoms with Crippen LogP contribution in [0.15, 0.2) is 11.1 Å². The van der Waals surface area contributed by atoms with Crippen LogP contribution >= 0.6 is 0 Å². The topological polar surface area (TPSA) is 206 Å². The highest BCUT2D eigenvalue weighted by Crippen LogP contribution is 2.31. The molecule has 1 aromatic heterocycles. The van der Waals surface area contributed by atoms with Gasteiger partial charge in [0.15, 0.2) is 5.96 Å². The largest absolute Gasteiger partial charge is 0.449 e. The van der Waals surface area contributed by atoms with Crippen molar-refractivity contribution in [2.24, 2.45) is 16.5 Å². The number of pyridine rings is 1. The first kappa shape index (κ1) is 26.4. The third-order valence-corrected chi connectivity index (χ3v) is 5.28. The third kappa shape index (κ3) is 9.29. The minimum atomic E-state index is -4.49. The van der Waals surface area contributed by atoms with Crippen molar-refractivity contribution in [2.45, 2.75) is 38.5 Å². The van der Waals surface area contributed by atoms with Crippen molar-refractivity contribution < 1.29 is 36.2 Å². The van der Waals surface area contributed by atoms with Gasteiger partial charge in [-0.1, -0.05) is 6.42 Å². The number of nitrogens with one attached hydrogen (secondary N) is 1. The quantitative estimate of drug-likeness (QED) is 0.115. The summed E-state index contributed by atoms with van der Waals surface area (Å²) in [5, 5.41) is 2.52. The summed E-state index contributed by atoms with van der Waals surface area (Å²) in [5.74, 6) is -0.984. The van der Waals surface area contributed by atoms with Crippen LogP contribution in [0.3, 0.4) is 0 Å². The lowest BCUT2D eigenvalue weighted by Gasteiger charge is -2.18. The Kier molecular flexibility index (Phi) is 9.96. The SMILES string of the molecule is Cc1nc2c(cc1C(=O)N=C(N)N)CCCCC2COC(=O)NCCOCCOS(=O)(=O)O. The first-order chi connectivity index (χ1) is 15.6. The van der Waals surface area contributed by atoms with E-state index in [0.717, 1.165) is 36.9 Å². The lowest BCUT2D eigenvalue weighted by Crippen LogP contribution is -2.29. The second-order valence-corrected chi connectivity index (χ2v) is 8.43. The van der Waals surface area contributed by atoms with Crippen molar-refractivity contribution in [1.82, 2.24) is 10.3 Å². The molecule has 1 heterocycles. The Morgan fingerprint density at radius 1 is 1.27 bits per heavy atom. The molecule has 0 radical (unpaired) electrons. The molecule has 0 fully saturated rings. The van der Waals surface area contributed by atoms with Gasteiger partial charge in [-0.2, -0.15) is 13.4 Å². The van der Waals surface area contributed by atoms with Crippen LogP contribution in [0.4, 0.5) is 4.79 Å². The zero-order chi connectivity index (χ0) is 24.4. The number of ether oxygens (including phenoxy) is 2. The van der Waals surface area contributed by atoms with Gasteiger partial charge in [-0.05, 0) is 37.8 Å². The molecule has 1 aromatic rings. The van der Waals surface area contributed by atoms with Crippen LogP contribution in [0.25, 0.3) is 0 Å². The van der Waals surface area contributed by atoms with Gasteiger partial charge >= 0.3 is 16.5 Å². The predicted molar refractivity (Wildman–Crippen MR) is 117 cm³/mol. The van der Waals surface area contributed by atoms with Crippen molar-refractivity contribution >= 4 is 28.4 Å². The highest BCUT2D eigenvalue weighted by Gasteiger charge is 2.24. The van der Waals surface area contributed by atoms with Crippen molar-refractivity contribution in [3.05, 3.63) is 28.6 Å². The first-order valence-electron chi connectivity index (χ1n) is 10.3. The zero-order valence-corrected chi connectivity index (χ0v) is 19.1. The summed E-state index contributed by atoms with van der Waals surface area (Å²) in [6.07, 6.45) is 2.72. The number of nitrogens with zero attached hydrogens (tertiary/aromatic N) is 2. The van der Waals surface area contributed by atoms with E-state index in [-0.39, 0.29) is 44.8 Å². The van der Waals surface area contributed by atoms with Gasteiger partial charge < -0.3 is 26.3 Å². The lowest BCUT2D eigenvalue weighted by molar-refractivity contribution is 0.0944. The number of aliphatic imine (C=N–C) groups is 1. The number of fused-ring (bicyclic) bond motifs is 1. The number of aromatic nitrogens is 1. The Balaban J connectivity index is 1.87. The molecule has 0 bridgehead atoms. The van der Waals surface area contributed by atoms with Gasteiger partial charge in [-0.15, -0.1) is 0 Å². The highest BCUT2D eigenvalue weighted by molar-refractivity contribution is 7.80. The van der Waals surface area contributed by atoms with Gasteiger partial charge in [0.2, 0.25) is 0 Å². The van der Waals surface area contributed by atoms with Gasteiger partial charge in [0, 0.05) is 12.5 Å². The Bertz CT molecular complexity index is 979. The molecular formula is C19H29N5O8S. The molecule has 14 heteroatoms. The number of carbonyl (C=O) groups is 2. The maximum atomic E-state index is 12.3. The molecule has 1 atom stereocenters. The Labute approximate surface area is 191 Å². The molecule has 33 heavy (non-hydrogen) atoms. The second kappa shape index (κ2) is 12.4. The smallest absolute Gasteiger partial charge is 0.407 e. The van der Waals surface area contributed by atoms with E-state index in [1.807, 2.05) is 0 Å². The van der Waals surface area contributed by atoms with E-state index >= 15 is 0 Å². The molecule has 0 aromatic carbocycles. The molecule has 2 amide bonds. The Morgan fingerprint density at radius 2 is 2.03 bits per heavy atom. The summed E-state index contributed by atoms with van der Waals surface area (Å²) < 4.78 is 43.7. The fourth-order valence-corrected chi connectivity index (χ4v) is 3.65. The summed E-state index contributed by atoms with van der Waals surface area (Å²) in [5.41, 5.74) is 13.1. The fourth-order valence-electron chi connectivity index (χ4n) is 3.37. The average molecular weight is 488 g/mol. The number of amides is 2. The number of rotatable bonds is 10. The van der Waals surface area contributed by atoms with E-state index in [1.54, 1.807) is 13.0 Å². The monoisotopic (exact) mass is 487 g/mol. The molecule has 2 rings (SSSR count). The first-order valence-corrected chi connectivity index (χ1v) is 11.7. The maximum Gasteiger partial charge on any atom is 0.407 e. The molecule has 1 aliphatic carbocycles. The number of hydrogen-bond acceptors (Lipinski definition) is 8. The maximum absolute atomic E-state index is 12.3. The number of guanidine groups is 1. The summed E-state index contributed by atoms with van der Waals surface area (Å²) in [7, 11) is -4.49. The van der Waals surface area contributed by atoms with Crippen molar-refractivity contribution in [2.75, 3.05) is 33.0 Å². The molecule has 1 unspecified atom stereocenters. The minimum Gasteiger partial charge on any atom is -0.449 e. The zero-order valence-electron chi connectivity index (χ0n) is 18.3. The van der Waals surface area contributed by atoms with Crippen LogP contribution in [0, 0.1) is 6.92 Å². The van der Waals surface area contributed by atoms with E-state index in [0.29, 0.717) is 11.3 Å². The van der Waals surface area contributed by atoms with E-state index < -0.39 is 22.4 Å². The van der Waals surface area contributed by atoms with E-state index in [1.165, 1.54) is 0 Å². The summed E-state index contributed by atoms with van der Waals surface area (Å²) in [4.78, 5) is 32.4. The fraction of sp³-hybridized carbons (Fsp3) is 0.579. The predicted octanol–water partition coefficient (Wildman–Crippen LogP) is 0.176. The van der Waals surface area contributed by atoms with Crippen LogP contribution in [-0.2, 0) is 30.5 Å². The minimum absolute atomic E-state index is 0.0753. The van der Waals surface area contributed by atoms with E-state index in [4.69, 9.17) is 25.5 Å². The van der Waals surface area contributed by atoms with Crippen molar-refractivity contribution in [1.29, 1.82) is 0 Å². The van der Waals surface area contributed by atoms with Gasteiger partial charge in [0.1, 0.15) is 6.61 Å². The summed E-state index contributed by atoms with van der Waals surface area (Å²) in [6, 6.07) is 1.76. The van der Waals surface area contributed by atoms with Gasteiger partial charge in [-0.3, -0.25) is 14.3 Å². The standard InChI is InChI=1S/C19H29N5O8S/c1-12-15(17(25)24-18(20)21)10-13-4-2-3-5-14(16(13)23-12)11-31-19(26)22-6-7-30-8-9-32-33(27,28)29/h10,14H,2-9,11H2,1H3,(H,22,26)(H,27,28,29)(H4,20,21,24,25). The molecule has 0 saturated carbocycles. The number of hydrogen-bond donors (Lipinski definition) is 4. The van der Waals surface area contributed by atoms with Crippen LogP contribution in [-0.4, -0.2) is 68.9 Å². The van der Waals surface area contributed by atoms with Gasteiger partial charge in [0.25, 0.3) is 5.91 Å². The van der Waals surface area contributed by atoms with Gasteiger partial charge in [-0.25, -0.2) is 8.98 Å². The lowest BCUT2D eigenvalue weighted by atomic mass is 9.96. The van der Waals surface area contributed by atoms with Crippen molar-refractivity contribution in [3.63, 3.8) is 0 Å². The van der Waals surface area contributed by atoms with Crippen LogP contribution in [0.1, 0.15) is 52.5 Å². The number of aryl methyl sites for hydroxylation is 2. The average Bonchev–Trinajstić information content (AvgIpc) is 2.91. The number of carbonyl (C=O) groups excluding carboxylic acids is 2. The van der Waals surface area contributed by atoms with E-state index in [9.17, 15) is 18.0 Å². The summed E-state index contributed by atoms with van der Waals surface area (Å²) in [6.45, 7) is 1.65. The molecule has 13 nitrogen and oxygen atoms in total. The molecule has 0 spiro atoms. The molecule has 0 aliphatic heterocycles. The third-order valence-electron chi connectivity index (χ3n) is 4.81. The second-order valence-electron chi connectivity index (χ2n) is 7.34. The Hall–Kier alpha value is -2.81. The highest BCUT2D eigenvalue weighted by atomic mass is 32.3. The Morgan fingerprint density at radius 3 is 2.73 bits per heavy atom. The van der Waals surface area contributed by atoms with E-state index in [2.05, 4.69) is 19.5 Å². The number of nitrogens with two attached hydrogens (primary N) is 2. The van der Waals surface area contributed by atoms with Crippen LogP contribution in [0.2, 0.25) is 0 Å². The number of alkyl carbamates (subject to hydrolysis) is 1. The van der Waals surface area contributed by atoms with Crippen LogP contribution in [0.5, 0.6) is 0 Å². The molecule has 0 saturated heterocycles. The van der Waals surface area contributed by atoms with Gasteiger partial charge in [0.05, 0.1) is 36.8 Å². The van der Waals surface area contributed by atoms with Crippen LogP contribution < -0.4 is 16.8 Å². The normalized spacial score (nSPS) is 15.8.